The summed E-state index contributed by atoms with van der Waals surface area (Å²) in [4.78, 5) is 67.4. The van der Waals surface area contributed by atoms with Crippen molar-refractivity contribution in [1.82, 2.24) is 30.0 Å². The summed E-state index contributed by atoms with van der Waals surface area (Å²) in [7, 11) is 3.95. The molecule has 4 heterocycles. The SMILES string of the molecule is COc1cc(N2CCN(CC3CCN(CC(=O)Nc4cccc(C=O)c4CN(C)C4CCC(=O)NC4=O)CC3)CC2)ccc1Nc1ncc(Cl)c(Nc2ccccc2N(C)S(C)=O)n1. The molecule has 3 aliphatic heterocycles. The maximum absolute atomic E-state index is 13.3. The molecule has 0 saturated carbocycles. The number of hydrogen-bond donors (Lipinski definition) is 4. The van der Waals surface area contributed by atoms with E-state index in [0.29, 0.717) is 63.1 Å². The Bertz CT molecular complexity index is 2360. The molecule has 2 unspecified atom stereocenters. The number of ether oxygens (including phenoxy) is 1. The number of carbonyl (C=O) groups excluding carboxylic acids is 4. The highest BCUT2D eigenvalue weighted by molar-refractivity contribution is 7.85. The first-order chi connectivity index (χ1) is 30.9. The third kappa shape index (κ3) is 11.5. The predicted molar refractivity (Wildman–Crippen MR) is 251 cm³/mol. The van der Waals surface area contributed by atoms with E-state index in [1.807, 2.05) is 41.3 Å². The van der Waals surface area contributed by atoms with Crippen LogP contribution in [0.15, 0.2) is 66.9 Å². The Balaban J connectivity index is 0.870. The van der Waals surface area contributed by atoms with Gasteiger partial charge in [0.15, 0.2) is 5.82 Å². The summed E-state index contributed by atoms with van der Waals surface area (Å²) >= 11 is 6.50. The summed E-state index contributed by atoms with van der Waals surface area (Å²) in [6.45, 7) is 6.80. The summed E-state index contributed by atoms with van der Waals surface area (Å²) in [6.07, 6.45) is 6.56. The molecule has 0 aliphatic carbocycles. The number of nitrogens with zero attached hydrogens (tertiary/aromatic N) is 7. The number of benzene rings is 3. The zero-order valence-corrected chi connectivity index (χ0v) is 38.2. The molecule has 7 rings (SSSR count). The highest BCUT2D eigenvalue weighted by Crippen LogP contribution is 2.35. The Morgan fingerprint density at radius 1 is 0.953 bits per heavy atom. The number of likely N-dealkylation sites (N-methyl/N-ethyl adjacent to an activating group) is 1. The number of aromatic nitrogens is 2. The number of piperidine rings is 2. The van der Waals surface area contributed by atoms with Gasteiger partial charge in [0.1, 0.15) is 28.0 Å². The molecule has 64 heavy (non-hydrogen) atoms. The minimum absolute atomic E-state index is 0.151. The predicted octanol–water partition coefficient (Wildman–Crippen LogP) is 4.88. The molecule has 3 aromatic carbocycles. The summed E-state index contributed by atoms with van der Waals surface area (Å²) in [5, 5.41) is 12.3. The lowest BCUT2D eigenvalue weighted by Gasteiger charge is -2.39. The van der Waals surface area contributed by atoms with E-state index in [-0.39, 0.29) is 37.2 Å². The van der Waals surface area contributed by atoms with Crippen molar-refractivity contribution < 1.29 is 28.1 Å². The Kier molecular flexibility index (Phi) is 15.5. The topological polar surface area (TPSA) is 185 Å². The van der Waals surface area contributed by atoms with Crippen molar-refractivity contribution in [3.05, 3.63) is 83.0 Å². The summed E-state index contributed by atoms with van der Waals surface area (Å²) < 4.78 is 19.7. The number of piperazine rings is 1. The number of para-hydroxylation sites is 2. The van der Waals surface area contributed by atoms with E-state index in [2.05, 4.69) is 52.0 Å². The Hall–Kier alpha value is -5.66. The van der Waals surface area contributed by atoms with Crippen LogP contribution in [0.1, 0.15) is 41.6 Å². The van der Waals surface area contributed by atoms with E-state index in [1.54, 1.807) is 50.0 Å². The van der Waals surface area contributed by atoms with Crippen molar-refractivity contribution >= 4 is 86.8 Å². The van der Waals surface area contributed by atoms with Crippen molar-refractivity contribution in [2.45, 2.75) is 38.3 Å². The molecule has 4 aromatic rings. The minimum atomic E-state index is -1.22. The van der Waals surface area contributed by atoms with E-state index in [9.17, 15) is 23.4 Å². The lowest BCUT2D eigenvalue weighted by molar-refractivity contribution is -0.137. The van der Waals surface area contributed by atoms with Gasteiger partial charge in [0, 0.05) is 87.6 Å². The minimum Gasteiger partial charge on any atom is -0.494 e. The Labute approximate surface area is 381 Å². The van der Waals surface area contributed by atoms with Gasteiger partial charge < -0.3 is 25.6 Å². The van der Waals surface area contributed by atoms with Crippen molar-refractivity contribution in [2.75, 3.05) is 105 Å². The molecule has 1 aromatic heterocycles. The molecule has 0 bridgehead atoms. The van der Waals surface area contributed by atoms with Crippen LogP contribution in [0.4, 0.5) is 40.2 Å². The number of halogens is 1. The Morgan fingerprint density at radius 3 is 2.42 bits per heavy atom. The van der Waals surface area contributed by atoms with Crippen LogP contribution < -0.4 is 35.2 Å². The molecular weight excluding hydrogens is 858 g/mol. The number of methoxy groups -OCH3 is 1. The molecule has 0 spiro atoms. The third-order valence-corrected chi connectivity index (χ3v) is 13.4. The number of rotatable bonds is 17. The van der Waals surface area contributed by atoms with E-state index in [0.717, 1.165) is 76.3 Å². The molecule has 2 atom stereocenters. The number of anilines is 7. The fourth-order valence-corrected chi connectivity index (χ4v) is 9.05. The van der Waals surface area contributed by atoms with Gasteiger partial charge in [-0.1, -0.05) is 35.9 Å². The van der Waals surface area contributed by atoms with Gasteiger partial charge in [0.2, 0.25) is 23.7 Å². The number of imide groups is 1. The number of likely N-dealkylation sites (tertiary alicyclic amines) is 1. The number of carbonyl (C=O) groups is 4. The van der Waals surface area contributed by atoms with Crippen LogP contribution in [-0.2, 0) is 31.9 Å². The van der Waals surface area contributed by atoms with Crippen molar-refractivity contribution in [1.29, 1.82) is 0 Å². The highest BCUT2D eigenvalue weighted by Gasteiger charge is 2.31. The van der Waals surface area contributed by atoms with Gasteiger partial charge in [-0.3, -0.25) is 43.5 Å². The zero-order valence-electron chi connectivity index (χ0n) is 36.6. The molecule has 3 amide bonds. The van der Waals surface area contributed by atoms with Crippen molar-refractivity contribution in [3.8, 4) is 5.75 Å². The monoisotopic (exact) mass is 913 g/mol. The highest BCUT2D eigenvalue weighted by atomic mass is 35.5. The van der Waals surface area contributed by atoms with Gasteiger partial charge in [0.25, 0.3) is 0 Å². The normalized spacial score (nSPS) is 18.0. The van der Waals surface area contributed by atoms with E-state index in [1.165, 1.54) is 6.20 Å². The fourth-order valence-electron chi connectivity index (χ4n) is 8.48. The van der Waals surface area contributed by atoms with Gasteiger partial charge in [-0.25, -0.2) is 9.19 Å². The molecule has 0 radical (unpaired) electrons. The zero-order chi connectivity index (χ0) is 45.3. The smallest absolute Gasteiger partial charge is 0.243 e. The maximum atomic E-state index is 13.3. The number of hydrogen-bond acceptors (Lipinski definition) is 14. The maximum Gasteiger partial charge on any atom is 0.243 e. The summed E-state index contributed by atoms with van der Waals surface area (Å²) in [5.74, 6) is 1.13. The molecule has 4 N–H and O–H groups in total. The average molecular weight is 915 g/mol. The molecule has 3 aliphatic rings. The van der Waals surface area contributed by atoms with Crippen molar-refractivity contribution in [2.24, 2.45) is 5.92 Å². The number of nitrogens with one attached hydrogen (secondary N) is 4. The lowest BCUT2D eigenvalue weighted by atomic mass is 9.96. The third-order valence-electron chi connectivity index (χ3n) is 12.1. The van der Waals surface area contributed by atoms with Gasteiger partial charge in [0.05, 0.1) is 43.0 Å². The second-order valence-corrected chi connectivity index (χ2v) is 18.2. The van der Waals surface area contributed by atoms with Crippen LogP contribution in [-0.4, -0.2) is 139 Å². The van der Waals surface area contributed by atoms with E-state index in [4.69, 9.17) is 16.3 Å². The van der Waals surface area contributed by atoms with Crippen LogP contribution in [0.2, 0.25) is 5.02 Å². The Morgan fingerprint density at radius 2 is 1.70 bits per heavy atom. The average Bonchev–Trinajstić information content (AvgIpc) is 3.29. The summed E-state index contributed by atoms with van der Waals surface area (Å²) in [6, 6.07) is 18.3. The molecule has 3 fully saturated rings. The standard InChI is InChI=1S/C45H56ClN11O6S/c1-53(39-14-15-41(59)51-44(39)61)27-33-31(29-58)8-7-10-35(33)48-42(60)28-55-18-16-30(17-19-55)26-56-20-22-57(23-21-56)32-12-13-37(40(24-32)63-3)50-45-47-25-34(46)43(52-45)49-36-9-5-6-11-38(36)54(2)64(4)62/h5-13,24-25,29-30,39H,14-23,26-28H2,1-4H3,(H,48,60)(H,51,59,61)(H2,47,49,50,52). The van der Waals surface area contributed by atoms with Crippen molar-refractivity contribution in [3.63, 3.8) is 0 Å². The quantitative estimate of drug-likeness (QED) is 0.0831. The number of amides is 3. The van der Waals surface area contributed by atoms with Gasteiger partial charge in [-0.2, -0.15) is 4.98 Å². The number of aldehydes is 1. The van der Waals surface area contributed by atoms with Crippen LogP contribution >= 0.6 is 11.6 Å². The molecule has 3 saturated heterocycles. The van der Waals surface area contributed by atoms with Crippen LogP contribution in [0.3, 0.4) is 0 Å². The first-order valence-electron chi connectivity index (χ1n) is 21.4. The van der Waals surface area contributed by atoms with E-state index < -0.39 is 17.0 Å². The first kappa shape index (κ1) is 46.3. The summed E-state index contributed by atoms with van der Waals surface area (Å²) in [5.41, 5.74) is 4.83. The molecule has 19 heteroatoms. The first-order valence-corrected chi connectivity index (χ1v) is 23.3. The van der Waals surface area contributed by atoms with Gasteiger partial charge in [-0.05, 0) is 75.6 Å². The largest absolute Gasteiger partial charge is 0.494 e. The fraction of sp³-hybridized carbons (Fsp3) is 0.422. The second-order valence-electron chi connectivity index (χ2n) is 16.4. The van der Waals surface area contributed by atoms with Gasteiger partial charge >= 0.3 is 0 Å². The molecular formula is C45H56ClN11O6S. The van der Waals surface area contributed by atoms with Gasteiger partial charge in [-0.15, -0.1) is 0 Å². The second kappa shape index (κ2) is 21.3. The van der Waals surface area contributed by atoms with Crippen LogP contribution in [0.25, 0.3) is 0 Å². The lowest BCUT2D eigenvalue weighted by Crippen LogP contribution is -2.51. The van der Waals surface area contributed by atoms with E-state index >= 15 is 0 Å². The van der Waals surface area contributed by atoms with Crippen LogP contribution in [0, 0.1) is 5.92 Å². The van der Waals surface area contributed by atoms with Crippen LogP contribution in [0.5, 0.6) is 5.75 Å². The molecule has 340 valence electrons. The molecule has 17 nitrogen and oxygen atoms in total.